The molecule has 19 heavy (non-hydrogen) atoms. The van der Waals surface area contributed by atoms with E-state index in [4.69, 9.17) is 0 Å². The van der Waals surface area contributed by atoms with Crippen molar-refractivity contribution in [1.82, 2.24) is 15.1 Å². The lowest BCUT2D eigenvalue weighted by Gasteiger charge is -2.16. The van der Waals surface area contributed by atoms with Gasteiger partial charge in [-0.1, -0.05) is 0 Å². The molecule has 2 aliphatic rings. The van der Waals surface area contributed by atoms with Gasteiger partial charge in [0.1, 0.15) is 0 Å². The summed E-state index contributed by atoms with van der Waals surface area (Å²) in [4.78, 5) is 37.8. The highest BCUT2D eigenvalue weighted by atomic mass is 16.3. The topological polar surface area (TPSA) is 90.0 Å². The van der Waals surface area contributed by atoms with Crippen LogP contribution in [0.2, 0.25) is 0 Å². The van der Waals surface area contributed by atoms with Crippen molar-refractivity contribution in [3.63, 3.8) is 0 Å². The standard InChI is InChI=1S/C12H19N3O4/c16-9-3-5-14(6-9)7-10(17)13-11(18)8-15-4-1-2-12(15)19/h9,16H,1-8H2,(H,13,17,18)/t9-/m0/s1. The number of nitrogens with one attached hydrogen (secondary N) is 1. The van der Waals surface area contributed by atoms with Crippen molar-refractivity contribution < 1.29 is 19.5 Å². The molecule has 2 fully saturated rings. The molecule has 0 saturated carbocycles. The number of hydrogen-bond acceptors (Lipinski definition) is 5. The Balaban J connectivity index is 1.69. The summed E-state index contributed by atoms with van der Waals surface area (Å²) in [6.45, 7) is 1.77. The number of aliphatic hydroxyl groups is 1. The van der Waals surface area contributed by atoms with Crippen LogP contribution in [0.4, 0.5) is 0 Å². The van der Waals surface area contributed by atoms with Gasteiger partial charge in [-0.25, -0.2) is 0 Å². The summed E-state index contributed by atoms with van der Waals surface area (Å²) >= 11 is 0. The molecular formula is C12H19N3O4. The number of β-amino-alcohol motifs (C(OH)–C–C–N with tert-alkyl or cyclic N) is 1. The largest absolute Gasteiger partial charge is 0.392 e. The van der Waals surface area contributed by atoms with Crippen LogP contribution in [0.1, 0.15) is 19.3 Å². The minimum atomic E-state index is -0.444. The van der Waals surface area contributed by atoms with Gasteiger partial charge in [-0.2, -0.15) is 0 Å². The Morgan fingerprint density at radius 3 is 2.58 bits per heavy atom. The second-order valence-corrected chi connectivity index (χ2v) is 5.07. The monoisotopic (exact) mass is 269 g/mol. The van der Waals surface area contributed by atoms with Crippen LogP contribution < -0.4 is 5.32 Å². The van der Waals surface area contributed by atoms with E-state index in [1.807, 2.05) is 0 Å². The fraction of sp³-hybridized carbons (Fsp3) is 0.750. The van der Waals surface area contributed by atoms with E-state index in [0.29, 0.717) is 32.5 Å². The summed E-state index contributed by atoms with van der Waals surface area (Å²) in [6, 6.07) is 0. The van der Waals surface area contributed by atoms with Gasteiger partial charge in [0.05, 0.1) is 19.2 Å². The smallest absolute Gasteiger partial charge is 0.246 e. The first-order chi connectivity index (χ1) is 9.04. The number of carbonyl (C=O) groups is 3. The first-order valence-electron chi connectivity index (χ1n) is 6.55. The van der Waals surface area contributed by atoms with Crippen LogP contribution in [-0.4, -0.2) is 71.5 Å². The lowest BCUT2D eigenvalue weighted by Crippen LogP contribution is -2.44. The van der Waals surface area contributed by atoms with Crippen molar-refractivity contribution in [2.45, 2.75) is 25.4 Å². The number of amides is 3. The Bertz CT molecular complexity index is 385. The molecule has 2 N–H and O–H groups in total. The zero-order valence-corrected chi connectivity index (χ0v) is 10.8. The summed E-state index contributed by atoms with van der Waals surface area (Å²) in [5.41, 5.74) is 0. The molecular weight excluding hydrogens is 250 g/mol. The molecule has 0 unspecified atom stereocenters. The number of nitrogens with zero attached hydrogens (tertiary/aromatic N) is 2. The highest BCUT2D eigenvalue weighted by molar-refractivity contribution is 5.98. The summed E-state index contributed by atoms with van der Waals surface area (Å²) in [5.74, 6) is -0.865. The number of likely N-dealkylation sites (tertiary alicyclic amines) is 2. The van der Waals surface area contributed by atoms with Gasteiger partial charge in [0.15, 0.2) is 0 Å². The summed E-state index contributed by atoms with van der Waals surface area (Å²) in [5, 5.41) is 11.6. The maximum atomic E-state index is 11.6. The average molecular weight is 269 g/mol. The van der Waals surface area contributed by atoms with Gasteiger partial charge >= 0.3 is 0 Å². The molecule has 2 saturated heterocycles. The van der Waals surface area contributed by atoms with Gasteiger partial charge in [-0.3, -0.25) is 24.6 Å². The zero-order valence-electron chi connectivity index (χ0n) is 10.8. The Hall–Kier alpha value is -1.47. The molecule has 0 aliphatic carbocycles. The van der Waals surface area contributed by atoms with E-state index in [2.05, 4.69) is 5.32 Å². The van der Waals surface area contributed by atoms with Crippen LogP contribution in [-0.2, 0) is 14.4 Å². The van der Waals surface area contributed by atoms with Gasteiger partial charge in [0.25, 0.3) is 0 Å². The first-order valence-corrected chi connectivity index (χ1v) is 6.55. The molecule has 3 amide bonds. The predicted octanol–water partition coefficient (Wildman–Crippen LogP) is -1.68. The van der Waals surface area contributed by atoms with Crippen LogP contribution in [0.25, 0.3) is 0 Å². The van der Waals surface area contributed by atoms with Crippen molar-refractivity contribution in [1.29, 1.82) is 0 Å². The molecule has 1 atom stereocenters. The molecule has 2 heterocycles. The Kier molecular flexibility index (Phi) is 4.49. The van der Waals surface area contributed by atoms with Crippen LogP contribution in [0.15, 0.2) is 0 Å². The SMILES string of the molecule is O=C(CN1CC[C@H](O)C1)NC(=O)CN1CCCC1=O. The minimum Gasteiger partial charge on any atom is -0.392 e. The van der Waals surface area contributed by atoms with E-state index in [-0.39, 0.29) is 31.0 Å². The molecule has 0 spiro atoms. The van der Waals surface area contributed by atoms with Crippen LogP contribution in [0.5, 0.6) is 0 Å². The van der Waals surface area contributed by atoms with E-state index < -0.39 is 5.91 Å². The zero-order chi connectivity index (χ0) is 13.8. The number of aliphatic hydroxyl groups excluding tert-OH is 1. The summed E-state index contributed by atoms with van der Waals surface area (Å²) in [7, 11) is 0. The molecule has 7 nitrogen and oxygen atoms in total. The van der Waals surface area contributed by atoms with Crippen molar-refractivity contribution in [2.75, 3.05) is 32.7 Å². The van der Waals surface area contributed by atoms with Crippen LogP contribution >= 0.6 is 0 Å². The quantitative estimate of drug-likeness (QED) is 0.636. The third-order valence-electron chi connectivity index (χ3n) is 3.40. The summed E-state index contributed by atoms with van der Waals surface area (Å²) in [6.07, 6.45) is 1.52. The van der Waals surface area contributed by atoms with E-state index in [9.17, 15) is 19.5 Å². The lowest BCUT2D eigenvalue weighted by molar-refractivity contribution is -0.136. The molecule has 2 rings (SSSR count). The van der Waals surface area contributed by atoms with Crippen LogP contribution in [0, 0.1) is 0 Å². The van der Waals surface area contributed by atoms with Gasteiger partial charge in [-0.05, 0) is 12.8 Å². The van der Waals surface area contributed by atoms with E-state index in [0.717, 1.165) is 6.42 Å². The number of carbonyl (C=O) groups excluding carboxylic acids is 3. The van der Waals surface area contributed by atoms with Gasteiger partial charge < -0.3 is 10.0 Å². The highest BCUT2D eigenvalue weighted by Crippen LogP contribution is 2.09. The van der Waals surface area contributed by atoms with E-state index in [1.165, 1.54) is 4.90 Å². The van der Waals surface area contributed by atoms with E-state index >= 15 is 0 Å². The second-order valence-electron chi connectivity index (χ2n) is 5.07. The Morgan fingerprint density at radius 2 is 2.00 bits per heavy atom. The third kappa shape index (κ3) is 4.00. The molecule has 0 aromatic carbocycles. The average Bonchev–Trinajstić information content (AvgIpc) is 2.89. The molecule has 7 heteroatoms. The van der Waals surface area contributed by atoms with Gasteiger partial charge in [0.2, 0.25) is 17.7 Å². The molecule has 0 aromatic rings. The molecule has 0 aromatic heterocycles. The maximum absolute atomic E-state index is 11.6. The number of imide groups is 1. The van der Waals surface area contributed by atoms with Gasteiger partial charge in [-0.15, -0.1) is 0 Å². The number of hydrogen-bond donors (Lipinski definition) is 2. The van der Waals surface area contributed by atoms with Crippen molar-refractivity contribution in [3.8, 4) is 0 Å². The van der Waals surface area contributed by atoms with Crippen molar-refractivity contribution in [2.24, 2.45) is 0 Å². The molecule has 106 valence electrons. The fourth-order valence-corrected chi connectivity index (χ4v) is 2.44. The second kappa shape index (κ2) is 6.12. The minimum absolute atomic E-state index is 0.0368. The number of rotatable bonds is 4. The maximum Gasteiger partial charge on any atom is 0.246 e. The van der Waals surface area contributed by atoms with Gasteiger partial charge in [0, 0.05) is 26.1 Å². The third-order valence-corrected chi connectivity index (χ3v) is 3.40. The van der Waals surface area contributed by atoms with E-state index in [1.54, 1.807) is 4.90 Å². The van der Waals surface area contributed by atoms with Crippen molar-refractivity contribution >= 4 is 17.7 Å². The normalized spacial score (nSPS) is 23.9. The van der Waals surface area contributed by atoms with Crippen LogP contribution in [0.3, 0.4) is 0 Å². The highest BCUT2D eigenvalue weighted by Gasteiger charge is 2.25. The summed E-state index contributed by atoms with van der Waals surface area (Å²) < 4.78 is 0. The first kappa shape index (κ1) is 14.0. The Labute approximate surface area is 111 Å². The molecule has 2 aliphatic heterocycles. The fourth-order valence-electron chi connectivity index (χ4n) is 2.44. The molecule has 0 radical (unpaired) electrons. The lowest BCUT2D eigenvalue weighted by atomic mass is 10.3. The predicted molar refractivity (Wildman–Crippen MR) is 66.0 cm³/mol. The molecule has 0 bridgehead atoms. The van der Waals surface area contributed by atoms with Crippen molar-refractivity contribution in [3.05, 3.63) is 0 Å². The Morgan fingerprint density at radius 1 is 1.26 bits per heavy atom.